The van der Waals surface area contributed by atoms with Crippen LogP contribution in [-0.2, 0) is 0 Å². The number of nitrogens with zero attached hydrogens (tertiary/aromatic N) is 1. The summed E-state index contributed by atoms with van der Waals surface area (Å²) in [5, 5.41) is 3.24. The van der Waals surface area contributed by atoms with E-state index in [1.165, 1.54) is 11.6 Å². The van der Waals surface area contributed by atoms with Crippen LogP contribution in [0.25, 0.3) is 0 Å². The van der Waals surface area contributed by atoms with Crippen molar-refractivity contribution in [1.29, 1.82) is 0 Å². The standard InChI is InChI=1S/C17H21FN2/c1-5-13-10-14(7-8-15(18)11-13)17-12(2)6-9-16(19-3)20(17)4/h5-11,13,16,19H,1H2,2-4H3. The van der Waals surface area contributed by atoms with Crippen molar-refractivity contribution in [2.24, 2.45) is 5.92 Å². The average Bonchev–Trinajstić information content (AvgIpc) is 2.61. The highest BCUT2D eigenvalue weighted by atomic mass is 19.1. The quantitative estimate of drug-likeness (QED) is 0.792. The minimum Gasteiger partial charge on any atom is -0.355 e. The Labute approximate surface area is 120 Å². The second-order valence-corrected chi connectivity index (χ2v) is 5.06. The number of rotatable bonds is 3. The fraction of sp³-hybridized carbons (Fsp3) is 0.294. The Balaban J connectivity index is 2.44. The van der Waals surface area contributed by atoms with Crippen LogP contribution in [0.1, 0.15) is 6.92 Å². The van der Waals surface area contributed by atoms with Crippen molar-refractivity contribution in [3.05, 3.63) is 71.8 Å². The average molecular weight is 272 g/mol. The van der Waals surface area contributed by atoms with Gasteiger partial charge >= 0.3 is 0 Å². The van der Waals surface area contributed by atoms with Gasteiger partial charge in [-0.05, 0) is 43.3 Å². The van der Waals surface area contributed by atoms with Crippen molar-refractivity contribution < 1.29 is 4.39 Å². The zero-order chi connectivity index (χ0) is 14.7. The van der Waals surface area contributed by atoms with Gasteiger partial charge < -0.3 is 4.90 Å². The molecular weight excluding hydrogens is 251 g/mol. The van der Waals surface area contributed by atoms with E-state index in [-0.39, 0.29) is 17.9 Å². The molecule has 1 heterocycles. The Morgan fingerprint density at radius 2 is 2.05 bits per heavy atom. The summed E-state index contributed by atoms with van der Waals surface area (Å²) >= 11 is 0. The molecule has 2 unspecified atom stereocenters. The molecule has 0 aromatic rings. The molecule has 1 aliphatic carbocycles. The van der Waals surface area contributed by atoms with Crippen molar-refractivity contribution in [1.82, 2.24) is 10.2 Å². The number of nitrogens with one attached hydrogen (secondary N) is 1. The first-order valence-electron chi connectivity index (χ1n) is 6.76. The molecule has 3 heteroatoms. The minimum absolute atomic E-state index is 0.0901. The smallest absolute Gasteiger partial charge is 0.120 e. The SMILES string of the molecule is C=CC1C=C(F)C=CC(C2=C(C)C=CC(NC)N2C)=C1. The van der Waals surface area contributed by atoms with Gasteiger partial charge in [0.15, 0.2) is 0 Å². The zero-order valence-electron chi connectivity index (χ0n) is 12.2. The highest BCUT2D eigenvalue weighted by Gasteiger charge is 2.21. The molecule has 2 atom stereocenters. The molecule has 0 saturated heterocycles. The van der Waals surface area contributed by atoms with Crippen LogP contribution < -0.4 is 5.32 Å². The van der Waals surface area contributed by atoms with Gasteiger partial charge in [-0.3, -0.25) is 5.32 Å². The third-order valence-electron chi connectivity index (χ3n) is 3.66. The largest absolute Gasteiger partial charge is 0.355 e. The first-order valence-corrected chi connectivity index (χ1v) is 6.76. The Bertz CT molecular complexity index is 549. The Hall–Kier alpha value is -1.87. The number of allylic oxidation sites excluding steroid dienone is 8. The lowest BCUT2D eigenvalue weighted by molar-refractivity contribution is 0.317. The maximum absolute atomic E-state index is 13.6. The van der Waals surface area contributed by atoms with Crippen molar-refractivity contribution >= 4 is 0 Å². The van der Waals surface area contributed by atoms with E-state index < -0.39 is 0 Å². The van der Waals surface area contributed by atoms with Crippen molar-refractivity contribution in [2.45, 2.75) is 13.1 Å². The molecule has 0 aromatic heterocycles. The van der Waals surface area contributed by atoms with Gasteiger partial charge in [0.25, 0.3) is 0 Å². The van der Waals surface area contributed by atoms with Crippen molar-refractivity contribution in [3.63, 3.8) is 0 Å². The Morgan fingerprint density at radius 3 is 2.70 bits per heavy atom. The van der Waals surface area contributed by atoms with Gasteiger partial charge in [-0.25, -0.2) is 4.39 Å². The van der Waals surface area contributed by atoms with Crippen LogP contribution in [0.5, 0.6) is 0 Å². The predicted octanol–water partition coefficient (Wildman–Crippen LogP) is 3.46. The molecule has 0 spiro atoms. The fourth-order valence-corrected chi connectivity index (χ4v) is 2.60. The molecular formula is C17H21FN2. The number of halogens is 1. The molecule has 0 amide bonds. The van der Waals surface area contributed by atoms with E-state index in [2.05, 4.69) is 35.9 Å². The van der Waals surface area contributed by atoms with E-state index in [9.17, 15) is 4.39 Å². The lowest BCUT2D eigenvalue weighted by Crippen LogP contribution is -2.41. The first-order chi connectivity index (χ1) is 9.56. The normalized spacial score (nSPS) is 26.3. The van der Waals surface area contributed by atoms with Crippen molar-refractivity contribution in [3.8, 4) is 0 Å². The van der Waals surface area contributed by atoms with Gasteiger partial charge in [0.1, 0.15) is 5.83 Å². The third kappa shape index (κ3) is 2.83. The summed E-state index contributed by atoms with van der Waals surface area (Å²) in [5.41, 5.74) is 3.29. The van der Waals surface area contributed by atoms with Gasteiger partial charge in [-0.15, -0.1) is 6.58 Å². The van der Waals surface area contributed by atoms with E-state index in [4.69, 9.17) is 0 Å². The second kappa shape index (κ2) is 6.06. The van der Waals surface area contributed by atoms with Crippen LogP contribution in [0.4, 0.5) is 4.39 Å². The lowest BCUT2D eigenvalue weighted by atomic mass is 9.98. The fourth-order valence-electron chi connectivity index (χ4n) is 2.60. The monoisotopic (exact) mass is 272 g/mol. The molecule has 0 saturated carbocycles. The maximum Gasteiger partial charge on any atom is 0.120 e. The van der Waals surface area contributed by atoms with Gasteiger partial charge in [0, 0.05) is 18.7 Å². The maximum atomic E-state index is 13.6. The molecule has 0 fully saturated rings. The summed E-state index contributed by atoms with van der Waals surface area (Å²) in [6.07, 6.45) is 13.1. The minimum atomic E-state index is -0.224. The van der Waals surface area contributed by atoms with Crippen LogP contribution in [0.3, 0.4) is 0 Å². The number of hydrogen-bond donors (Lipinski definition) is 1. The van der Waals surface area contributed by atoms with E-state index >= 15 is 0 Å². The summed E-state index contributed by atoms with van der Waals surface area (Å²) in [5.74, 6) is -0.314. The summed E-state index contributed by atoms with van der Waals surface area (Å²) in [7, 11) is 3.96. The van der Waals surface area contributed by atoms with Gasteiger partial charge in [-0.1, -0.05) is 24.3 Å². The summed E-state index contributed by atoms with van der Waals surface area (Å²) < 4.78 is 13.6. The Kier molecular flexibility index (Phi) is 4.40. The van der Waals surface area contributed by atoms with Gasteiger partial charge in [0.05, 0.1) is 6.17 Å². The second-order valence-electron chi connectivity index (χ2n) is 5.06. The topological polar surface area (TPSA) is 15.3 Å². The lowest BCUT2D eigenvalue weighted by Gasteiger charge is -2.34. The molecule has 0 radical (unpaired) electrons. The molecule has 106 valence electrons. The van der Waals surface area contributed by atoms with E-state index in [1.54, 1.807) is 12.2 Å². The highest BCUT2D eigenvalue weighted by Crippen LogP contribution is 2.29. The summed E-state index contributed by atoms with van der Waals surface area (Å²) in [6.45, 7) is 5.84. The third-order valence-corrected chi connectivity index (χ3v) is 3.66. The summed E-state index contributed by atoms with van der Waals surface area (Å²) in [6, 6.07) is 0. The molecule has 0 aromatic carbocycles. The highest BCUT2D eigenvalue weighted by molar-refractivity contribution is 5.50. The van der Waals surface area contributed by atoms with Crippen LogP contribution in [0.15, 0.2) is 71.8 Å². The Morgan fingerprint density at radius 1 is 1.30 bits per heavy atom. The predicted molar refractivity (Wildman–Crippen MR) is 82.6 cm³/mol. The zero-order valence-corrected chi connectivity index (χ0v) is 12.2. The number of likely N-dealkylation sites (N-methyl/N-ethyl adjacent to an activating group) is 2. The molecule has 0 bridgehead atoms. The molecule has 20 heavy (non-hydrogen) atoms. The molecule has 1 N–H and O–H groups in total. The van der Waals surface area contributed by atoms with E-state index in [0.29, 0.717) is 0 Å². The van der Waals surface area contributed by atoms with Crippen LogP contribution in [0, 0.1) is 5.92 Å². The van der Waals surface area contributed by atoms with Crippen LogP contribution in [0.2, 0.25) is 0 Å². The molecule has 2 nitrogen and oxygen atoms in total. The molecule has 1 aliphatic heterocycles. The van der Waals surface area contributed by atoms with Crippen LogP contribution >= 0.6 is 0 Å². The van der Waals surface area contributed by atoms with Gasteiger partial charge in [-0.2, -0.15) is 0 Å². The van der Waals surface area contributed by atoms with E-state index in [0.717, 1.165) is 11.3 Å². The van der Waals surface area contributed by atoms with E-state index in [1.807, 2.05) is 26.2 Å². The first kappa shape index (κ1) is 14.5. The van der Waals surface area contributed by atoms with Crippen LogP contribution in [-0.4, -0.2) is 25.2 Å². The van der Waals surface area contributed by atoms with Crippen molar-refractivity contribution in [2.75, 3.05) is 14.1 Å². The summed E-state index contributed by atoms with van der Waals surface area (Å²) in [4.78, 5) is 2.16. The molecule has 2 rings (SSSR count). The van der Waals surface area contributed by atoms with Gasteiger partial charge in [0.2, 0.25) is 0 Å². The number of hydrogen-bond acceptors (Lipinski definition) is 2. The molecule has 2 aliphatic rings.